The molecule has 0 saturated carbocycles. The van der Waals surface area contributed by atoms with Crippen LogP contribution in [-0.4, -0.2) is 37.6 Å². The molecule has 4 nitrogen and oxygen atoms in total. The number of ether oxygens (including phenoxy) is 4. The van der Waals surface area contributed by atoms with Crippen molar-refractivity contribution >= 4 is 0 Å². The Morgan fingerprint density at radius 3 is 1.62 bits per heavy atom. The Morgan fingerprint density at radius 1 is 0.810 bits per heavy atom. The number of methoxy groups -OCH3 is 2. The molecular weight excluding hydrogens is 268 g/mol. The van der Waals surface area contributed by atoms with Crippen molar-refractivity contribution in [1.29, 1.82) is 0 Å². The van der Waals surface area contributed by atoms with Gasteiger partial charge in [0.1, 0.15) is 12.2 Å². The summed E-state index contributed by atoms with van der Waals surface area (Å²) in [5.74, 6) is 0. The zero-order valence-electron chi connectivity index (χ0n) is 13.8. The normalized spacial score (nSPS) is 24.5. The lowest BCUT2D eigenvalue weighted by molar-refractivity contribution is -0.132. The molecule has 1 aliphatic rings. The number of rotatable bonds is 5. The Labute approximate surface area is 127 Å². The van der Waals surface area contributed by atoms with E-state index in [1.54, 1.807) is 14.2 Å². The summed E-state index contributed by atoms with van der Waals surface area (Å²) >= 11 is 0. The predicted molar refractivity (Wildman–Crippen MR) is 81.1 cm³/mol. The molecule has 0 aliphatic carbocycles. The third-order valence-electron chi connectivity index (χ3n) is 4.31. The molecule has 0 radical (unpaired) electrons. The Balaban J connectivity index is 2.29. The van der Waals surface area contributed by atoms with E-state index in [2.05, 4.69) is 0 Å². The molecule has 0 spiro atoms. The van der Waals surface area contributed by atoms with Gasteiger partial charge in [-0.25, -0.2) is 0 Å². The highest BCUT2D eigenvalue weighted by molar-refractivity contribution is 5.17. The third kappa shape index (κ3) is 3.29. The number of benzene rings is 1. The molecule has 1 aromatic carbocycles. The van der Waals surface area contributed by atoms with Gasteiger partial charge in [-0.1, -0.05) is 30.3 Å². The summed E-state index contributed by atoms with van der Waals surface area (Å²) in [6.07, 6.45) is -0.838. The van der Waals surface area contributed by atoms with Crippen LogP contribution in [0.15, 0.2) is 30.3 Å². The lowest BCUT2D eigenvalue weighted by Crippen LogP contribution is -2.53. The van der Waals surface area contributed by atoms with E-state index in [-0.39, 0.29) is 12.2 Å². The second-order valence-corrected chi connectivity index (χ2v) is 6.47. The lowest BCUT2D eigenvalue weighted by Gasteiger charge is -2.38. The minimum atomic E-state index is -0.468. The first-order valence-corrected chi connectivity index (χ1v) is 7.28. The van der Waals surface area contributed by atoms with Crippen LogP contribution < -0.4 is 0 Å². The second-order valence-electron chi connectivity index (χ2n) is 6.47. The van der Waals surface area contributed by atoms with Crippen LogP contribution in [0.4, 0.5) is 0 Å². The smallest absolute Gasteiger partial charge is 0.185 e. The van der Waals surface area contributed by atoms with Crippen LogP contribution in [0.25, 0.3) is 0 Å². The fourth-order valence-corrected chi connectivity index (χ4v) is 2.50. The van der Waals surface area contributed by atoms with Gasteiger partial charge in [-0.2, -0.15) is 0 Å². The molecule has 0 aromatic heterocycles. The van der Waals surface area contributed by atoms with E-state index in [9.17, 15) is 0 Å². The summed E-state index contributed by atoms with van der Waals surface area (Å²) < 4.78 is 23.6. The van der Waals surface area contributed by atoms with Crippen LogP contribution in [-0.2, 0) is 18.9 Å². The van der Waals surface area contributed by atoms with Crippen LogP contribution in [0.2, 0.25) is 0 Å². The second kappa shape index (κ2) is 6.05. The number of hydrogen-bond acceptors (Lipinski definition) is 4. The van der Waals surface area contributed by atoms with E-state index in [0.717, 1.165) is 5.56 Å². The molecule has 0 amide bonds. The van der Waals surface area contributed by atoms with Gasteiger partial charge in [0.2, 0.25) is 0 Å². The van der Waals surface area contributed by atoms with Crippen LogP contribution in [0.3, 0.4) is 0 Å². The van der Waals surface area contributed by atoms with E-state index >= 15 is 0 Å². The van der Waals surface area contributed by atoms with Crippen molar-refractivity contribution in [2.75, 3.05) is 14.2 Å². The largest absolute Gasteiger partial charge is 0.376 e. The van der Waals surface area contributed by atoms with Gasteiger partial charge < -0.3 is 18.9 Å². The maximum atomic E-state index is 6.18. The summed E-state index contributed by atoms with van der Waals surface area (Å²) in [6.45, 7) is 8.03. The van der Waals surface area contributed by atoms with Crippen molar-refractivity contribution in [2.24, 2.45) is 0 Å². The van der Waals surface area contributed by atoms with Gasteiger partial charge in [0, 0.05) is 19.8 Å². The lowest BCUT2D eigenvalue weighted by atomic mass is 9.87. The molecule has 1 aromatic rings. The molecule has 1 fully saturated rings. The van der Waals surface area contributed by atoms with Crippen molar-refractivity contribution in [1.82, 2.24) is 0 Å². The molecule has 118 valence electrons. The summed E-state index contributed by atoms with van der Waals surface area (Å²) in [7, 11) is 3.38. The standard InChI is InChI=1S/C17H26O4/c1-16(2,18-5)13-14(17(3,4)19-6)21-15(20-13)12-10-8-7-9-11-12/h7-11,13-15H,1-6H3/t13-,14-/m1/s1. The van der Waals surface area contributed by atoms with Crippen LogP contribution in [0.5, 0.6) is 0 Å². The van der Waals surface area contributed by atoms with E-state index in [1.165, 1.54) is 0 Å². The SMILES string of the molecule is COC(C)(C)[C@@H]1OC(c2ccccc2)O[C@H]1C(C)(C)OC. The Kier molecular flexibility index (Phi) is 4.73. The van der Waals surface area contributed by atoms with E-state index in [0.29, 0.717) is 0 Å². The maximum Gasteiger partial charge on any atom is 0.185 e. The summed E-state index contributed by atoms with van der Waals surface area (Å²) in [5.41, 5.74) is 0.0670. The van der Waals surface area contributed by atoms with Crippen molar-refractivity contribution in [3.8, 4) is 0 Å². The molecule has 0 bridgehead atoms. The fraction of sp³-hybridized carbons (Fsp3) is 0.647. The fourth-order valence-electron chi connectivity index (χ4n) is 2.50. The van der Waals surface area contributed by atoms with Crippen molar-refractivity contribution < 1.29 is 18.9 Å². The molecule has 21 heavy (non-hydrogen) atoms. The zero-order valence-corrected chi connectivity index (χ0v) is 13.8. The highest BCUT2D eigenvalue weighted by atomic mass is 16.7. The molecular formula is C17H26O4. The zero-order chi connectivity index (χ0) is 15.7. The number of hydrogen-bond donors (Lipinski definition) is 0. The van der Waals surface area contributed by atoms with Gasteiger partial charge in [-0.05, 0) is 27.7 Å². The molecule has 0 unspecified atom stereocenters. The van der Waals surface area contributed by atoms with Crippen LogP contribution >= 0.6 is 0 Å². The minimum absolute atomic E-state index is 0.220. The minimum Gasteiger partial charge on any atom is -0.376 e. The molecule has 2 rings (SSSR count). The summed E-state index contributed by atoms with van der Waals surface area (Å²) in [4.78, 5) is 0. The first-order valence-electron chi connectivity index (χ1n) is 7.28. The first-order chi connectivity index (χ1) is 9.81. The molecule has 0 N–H and O–H groups in total. The Hall–Kier alpha value is -0.940. The monoisotopic (exact) mass is 294 g/mol. The summed E-state index contributed by atoms with van der Waals surface area (Å²) in [6, 6.07) is 9.94. The van der Waals surface area contributed by atoms with E-state index < -0.39 is 17.5 Å². The highest BCUT2D eigenvalue weighted by Gasteiger charge is 2.52. The molecule has 4 heteroatoms. The van der Waals surface area contributed by atoms with Gasteiger partial charge in [0.05, 0.1) is 11.2 Å². The van der Waals surface area contributed by atoms with E-state index in [4.69, 9.17) is 18.9 Å². The van der Waals surface area contributed by atoms with E-state index in [1.807, 2.05) is 58.0 Å². The highest BCUT2D eigenvalue weighted by Crippen LogP contribution is 2.41. The first kappa shape index (κ1) is 16.4. The summed E-state index contributed by atoms with van der Waals surface area (Å²) in [5, 5.41) is 0. The van der Waals surface area contributed by atoms with Gasteiger partial charge in [-0.15, -0.1) is 0 Å². The Bertz CT molecular complexity index is 431. The molecule has 1 aliphatic heterocycles. The van der Waals surface area contributed by atoms with Gasteiger partial charge in [-0.3, -0.25) is 0 Å². The molecule has 1 saturated heterocycles. The third-order valence-corrected chi connectivity index (χ3v) is 4.31. The molecule has 2 atom stereocenters. The molecule has 1 heterocycles. The van der Waals surface area contributed by atoms with Gasteiger partial charge in [0.15, 0.2) is 6.29 Å². The topological polar surface area (TPSA) is 36.9 Å². The van der Waals surface area contributed by atoms with Crippen molar-refractivity contribution in [3.05, 3.63) is 35.9 Å². The average Bonchev–Trinajstić information content (AvgIpc) is 2.95. The van der Waals surface area contributed by atoms with Crippen molar-refractivity contribution in [3.63, 3.8) is 0 Å². The Morgan fingerprint density at radius 2 is 1.24 bits per heavy atom. The quantitative estimate of drug-likeness (QED) is 0.835. The maximum absolute atomic E-state index is 6.18. The van der Waals surface area contributed by atoms with Crippen molar-refractivity contribution in [2.45, 2.75) is 57.4 Å². The van der Waals surface area contributed by atoms with Gasteiger partial charge in [0.25, 0.3) is 0 Å². The van der Waals surface area contributed by atoms with Gasteiger partial charge >= 0.3 is 0 Å². The average molecular weight is 294 g/mol. The predicted octanol–water partition coefficient (Wildman–Crippen LogP) is 3.32. The van der Waals surface area contributed by atoms with Crippen LogP contribution in [0.1, 0.15) is 39.5 Å². The van der Waals surface area contributed by atoms with Crippen LogP contribution in [0, 0.1) is 0 Å².